The zero-order valence-electron chi connectivity index (χ0n) is 22.4. The van der Waals surface area contributed by atoms with Gasteiger partial charge in [0.15, 0.2) is 11.5 Å². The number of unbranched alkanes of at least 4 members (excludes halogenated alkanes) is 1. The van der Waals surface area contributed by atoms with Crippen LogP contribution >= 0.6 is 0 Å². The number of H-pyrrole nitrogens is 1. The first-order valence-corrected chi connectivity index (χ1v) is 12.9. The van der Waals surface area contributed by atoms with Crippen LogP contribution in [0.15, 0.2) is 29.1 Å². The highest BCUT2D eigenvalue weighted by molar-refractivity contribution is 5.84. The van der Waals surface area contributed by atoms with E-state index >= 15 is 0 Å². The number of hydrogen-bond donors (Lipinski definition) is 5. The van der Waals surface area contributed by atoms with Crippen molar-refractivity contribution in [3.8, 4) is 28.6 Å². The number of nitrogens with one attached hydrogen (secondary N) is 4. The Balaban J connectivity index is 1.63. The van der Waals surface area contributed by atoms with E-state index in [1.807, 2.05) is 0 Å². The van der Waals surface area contributed by atoms with Gasteiger partial charge in [0, 0.05) is 6.54 Å². The minimum Gasteiger partial charge on any atom is -0.493 e. The van der Waals surface area contributed by atoms with E-state index in [0.717, 1.165) is 58.4 Å². The van der Waals surface area contributed by atoms with Gasteiger partial charge in [0.2, 0.25) is 5.75 Å². The van der Waals surface area contributed by atoms with Gasteiger partial charge in [-0.2, -0.15) is 0 Å². The fourth-order valence-corrected chi connectivity index (χ4v) is 4.12. The van der Waals surface area contributed by atoms with Crippen molar-refractivity contribution in [2.24, 2.45) is 5.73 Å². The number of hydrogen-bond acceptors (Lipinski definition) is 9. The molecule has 0 spiro atoms. The van der Waals surface area contributed by atoms with Gasteiger partial charge in [-0.25, -0.2) is 9.37 Å². The predicted molar refractivity (Wildman–Crippen MR) is 149 cm³/mol. The van der Waals surface area contributed by atoms with E-state index in [0.29, 0.717) is 40.6 Å². The normalized spacial score (nSPS) is 11.1. The lowest BCUT2D eigenvalue weighted by molar-refractivity contribution is 0.325. The maximum atomic E-state index is 14.7. The fraction of sp³-hybridized carbons (Fsp3) is 0.481. The molecule has 0 amide bonds. The van der Waals surface area contributed by atoms with E-state index < -0.39 is 11.4 Å². The first-order valence-electron chi connectivity index (χ1n) is 12.9. The van der Waals surface area contributed by atoms with Crippen molar-refractivity contribution in [1.82, 2.24) is 20.6 Å². The lowest BCUT2D eigenvalue weighted by Gasteiger charge is -2.15. The van der Waals surface area contributed by atoms with Crippen LogP contribution in [0, 0.1) is 5.82 Å². The Hall–Kier alpha value is -3.41. The third-order valence-electron chi connectivity index (χ3n) is 6.11. The summed E-state index contributed by atoms with van der Waals surface area (Å²) in [6.45, 7) is 5.03. The number of ether oxygens (including phenoxy) is 3. The minimum atomic E-state index is -0.503. The van der Waals surface area contributed by atoms with E-state index in [-0.39, 0.29) is 11.2 Å². The van der Waals surface area contributed by atoms with E-state index in [4.69, 9.17) is 19.9 Å². The summed E-state index contributed by atoms with van der Waals surface area (Å²) < 4.78 is 31.0. The Morgan fingerprint density at radius 1 is 0.895 bits per heavy atom. The van der Waals surface area contributed by atoms with Gasteiger partial charge in [-0.1, -0.05) is 0 Å². The molecule has 3 rings (SSSR count). The van der Waals surface area contributed by atoms with Crippen LogP contribution in [0.3, 0.4) is 0 Å². The molecule has 0 aliphatic carbocycles. The number of methoxy groups -OCH3 is 3. The Bertz CT molecular complexity index is 1240. The lowest BCUT2D eigenvalue weighted by Crippen LogP contribution is -2.22. The summed E-state index contributed by atoms with van der Waals surface area (Å²) in [5, 5.41) is 10.1. The minimum absolute atomic E-state index is 0.162. The van der Waals surface area contributed by atoms with E-state index in [1.165, 1.54) is 27.4 Å². The van der Waals surface area contributed by atoms with Gasteiger partial charge in [-0.3, -0.25) is 4.79 Å². The van der Waals surface area contributed by atoms with Crippen LogP contribution in [0.5, 0.6) is 17.2 Å². The molecule has 38 heavy (non-hydrogen) atoms. The summed E-state index contributed by atoms with van der Waals surface area (Å²) in [5.74, 6) is 0.997. The highest BCUT2D eigenvalue weighted by Crippen LogP contribution is 2.43. The number of nitrogens with zero attached hydrogens (tertiary/aromatic N) is 1. The molecule has 10 nitrogen and oxygen atoms in total. The zero-order valence-corrected chi connectivity index (χ0v) is 22.4. The van der Waals surface area contributed by atoms with Gasteiger partial charge >= 0.3 is 0 Å². The number of benzene rings is 2. The van der Waals surface area contributed by atoms with Crippen LogP contribution in [0.4, 0.5) is 10.1 Å². The molecule has 0 saturated carbocycles. The molecular formula is C27H39FN6O4. The van der Waals surface area contributed by atoms with Gasteiger partial charge in [-0.15, -0.1) is 0 Å². The molecule has 1 heterocycles. The fourth-order valence-electron chi connectivity index (χ4n) is 4.12. The molecule has 0 fully saturated rings. The first-order chi connectivity index (χ1) is 18.5. The van der Waals surface area contributed by atoms with E-state index in [1.54, 1.807) is 18.2 Å². The molecular weight excluding hydrogens is 491 g/mol. The largest absolute Gasteiger partial charge is 0.493 e. The topological polar surface area (TPSA) is 136 Å². The molecule has 0 radical (unpaired) electrons. The second-order valence-electron chi connectivity index (χ2n) is 8.78. The summed E-state index contributed by atoms with van der Waals surface area (Å²) in [6.07, 6.45) is 4.03. The molecule has 1 aromatic heterocycles. The van der Waals surface area contributed by atoms with Crippen LogP contribution in [0.2, 0.25) is 0 Å². The van der Waals surface area contributed by atoms with Crippen LogP contribution < -0.4 is 41.5 Å². The van der Waals surface area contributed by atoms with Crippen LogP contribution in [-0.4, -0.2) is 70.6 Å². The van der Waals surface area contributed by atoms with Crippen LogP contribution in [0.25, 0.3) is 22.3 Å². The second kappa shape index (κ2) is 15.1. The van der Waals surface area contributed by atoms with Crippen LogP contribution in [0.1, 0.15) is 25.7 Å². The van der Waals surface area contributed by atoms with Crippen molar-refractivity contribution in [3.05, 3.63) is 40.4 Å². The van der Waals surface area contributed by atoms with Crippen molar-refractivity contribution in [2.45, 2.75) is 25.7 Å². The maximum absolute atomic E-state index is 14.7. The predicted octanol–water partition coefficient (Wildman–Crippen LogP) is 2.87. The third-order valence-corrected chi connectivity index (χ3v) is 6.11. The first kappa shape index (κ1) is 29.2. The Labute approximate surface area is 222 Å². The number of nitrogens with two attached hydrogens (primary N) is 1. The molecule has 208 valence electrons. The van der Waals surface area contributed by atoms with E-state index in [9.17, 15) is 9.18 Å². The molecule has 6 N–H and O–H groups in total. The van der Waals surface area contributed by atoms with Crippen molar-refractivity contribution < 1.29 is 18.6 Å². The Morgan fingerprint density at radius 2 is 1.58 bits per heavy atom. The van der Waals surface area contributed by atoms with Crippen molar-refractivity contribution >= 4 is 16.6 Å². The SMILES string of the molecule is COc1ccc(-c2nc3cc(NCCCNCCCCNCCCN)c(F)cc3c(=O)[nH]2)c(OC)c1OC. The molecule has 2 aromatic carbocycles. The average Bonchev–Trinajstić information content (AvgIpc) is 2.93. The smallest absolute Gasteiger partial charge is 0.259 e. The molecule has 3 aromatic rings. The number of fused-ring (bicyclic) bond motifs is 1. The monoisotopic (exact) mass is 530 g/mol. The van der Waals surface area contributed by atoms with Gasteiger partial charge < -0.3 is 40.9 Å². The Morgan fingerprint density at radius 3 is 2.24 bits per heavy atom. The lowest BCUT2D eigenvalue weighted by atomic mass is 10.1. The average molecular weight is 531 g/mol. The number of rotatable bonds is 17. The van der Waals surface area contributed by atoms with Crippen molar-refractivity contribution in [3.63, 3.8) is 0 Å². The van der Waals surface area contributed by atoms with Gasteiger partial charge in [0.05, 0.1) is 43.5 Å². The molecule has 0 atom stereocenters. The highest BCUT2D eigenvalue weighted by atomic mass is 19.1. The number of anilines is 1. The summed E-state index contributed by atoms with van der Waals surface area (Å²) in [5.41, 5.74) is 6.20. The molecule has 0 aliphatic heterocycles. The number of aromatic nitrogens is 2. The van der Waals surface area contributed by atoms with Crippen molar-refractivity contribution in [1.29, 1.82) is 0 Å². The molecule has 0 bridgehead atoms. The molecule has 11 heteroatoms. The maximum Gasteiger partial charge on any atom is 0.259 e. The molecule has 0 aliphatic rings. The molecule has 0 unspecified atom stereocenters. The quantitative estimate of drug-likeness (QED) is 0.167. The standard InChI is InChI=1S/C27H39FN6O4/c1-36-23-9-8-18(24(37-2)25(23)38-3)26-33-21-17-22(20(28)16-19(21)27(35)34-26)32-15-7-14-31-12-5-4-11-30-13-6-10-29/h8-9,16-17,30-32H,4-7,10-15,29H2,1-3H3,(H,33,34,35). The Kier molecular flexibility index (Phi) is 11.6. The number of halogens is 1. The zero-order chi connectivity index (χ0) is 27.3. The second-order valence-corrected chi connectivity index (χ2v) is 8.78. The number of aromatic amines is 1. The summed E-state index contributed by atoms with van der Waals surface area (Å²) >= 11 is 0. The van der Waals surface area contributed by atoms with Gasteiger partial charge in [-0.05, 0) is 82.7 Å². The molecule has 0 saturated heterocycles. The third kappa shape index (κ3) is 7.56. The highest BCUT2D eigenvalue weighted by Gasteiger charge is 2.19. The summed E-state index contributed by atoms with van der Waals surface area (Å²) in [6, 6.07) is 6.19. The van der Waals surface area contributed by atoms with Crippen molar-refractivity contribution in [2.75, 3.05) is 65.9 Å². The van der Waals surface area contributed by atoms with Gasteiger partial charge in [0.1, 0.15) is 11.6 Å². The summed E-state index contributed by atoms with van der Waals surface area (Å²) in [7, 11) is 4.52. The van der Waals surface area contributed by atoms with Crippen LogP contribution in [-0.2, 0) is 0 Å². The van der Waals surface area contributed by atoms with Gasteiger partial charge in [0.25, 0.3) is 5.56 Å². The summed E-state index contributed by atoms with van der Waals surface area (Å²) in [4.78, 5) is 20.1. The van der Waals surface area contributed by atoms with E-state index in [2.05, 4.69) is 25.9 Å².